The molecule has 0 radical (unpaired) electrons. The first-order chi connectivity index (χ1) is 7.53. The van der Waals surface area contributed by atoms with Gasteiger partial charge in [0.2, 0.25) is 10.0 Å². The van der Waals surface area contributed by atoms with E-state index in [9.17, 15) is 8.42 Å². The van der Waals surface area contributed by atoms with Gasteiger partial charge in [-0.2, -0.15) is 0 Å². The number of alkyl halides is 1. The van der Waals surface area contributed by atoms with Crippen LogP contribution < -0.4 is 4.72 Å². The molecule has 0 amide bonds. The minimum atomic E-state index is -3.17. The molecule has 7 heteroatoms. The molecule has 1 aromatic rings. The molecular weight excluding hydrogens is 289 g/mol. The van der Waals surface area contributed by atoms with Crippen molar-refractivity contribution < 1.29 is 8.42 Å². The highest BCUT2D eigenvalue weighted by Crippen LogP contribution is 2.21. The molecule has 0 fully saturated rings. The molecule has 0 aliphatic heterocycles. The normalized spacial score (nSPS) is 11.9. The Balaban J connectivity index is 2.29. The van der Waals surface area contributed by atoms with E-state index in [1.54, 1.807) is 0 Å². The summed E-state index contributed by atoms with van der Waals surface area (Å²) in [5.74, 6) is 0.448. The molecule has 0 saturated heterocycles. The van der Waals surface area contributed by atoms with E-state index in [1.807, 2.05) is 12.1 Å². The SMILES string of the molecule is O=S(=O)(CCCCl)NCCc1ccc(Cl)s1. The molecule has 0 unspecified atom stereocenters. The second kappa shape index (κ2) is 6.81. The van der Waals surface area contributed by atoms with E-state index in [0.29, 0.717) is 25.3 Å². The molecule has 1 heterocycles. The van der Waals surface area contributed by atoms with Crippen LogP contribution >= 0.6 is 34.5 Å². The Morgan fingerprint density at radius 2 is 2.12 bits per heavy atom. The van der Waals surface area contributed by atoms with Crippen LogP contribution in [0.15, 0.2) is 12.1 Å². The number of halogens is 2. The fourth-order valence-corrected chi connectivity index (χ4v) is 3.59. The molecule has 92 valence electrons. The van der Waals surface area contributed by atoms with Crippen LogP contribution in [0.4, 0.5) is 0 Å². The highest BCUT2D eigenvalue weighted by atomic mass is 35.5. The van der Waals surface area contributed by atoms with E-state index in [0.717, 1.165) is 9.21 Å². The summed E-state index contributed by atoms with van der Waals surface area (Å²) in [6.45, 7) is 0.404. The first-order valence-electron chi connectivity index (χ1n) is 4.81. The molecular formula is C9H13Cl2NO2S2. The molecule has 0 saturated carbocycles. The average Bonchev–Trinajstić information content (AvgIpc) is 2.61. The standard InChI is InChI=1S/C9H13Cl2NO2S2/c10-5-1-7-16(13,14)12-6-4-8-2-3-9(11)15-8/h2-3,12H,1,4-7H2. The summed E-state index contributed by atoms with van der Waals surface area (Å²) in [6, 6.07) is 3.71. The van der Waals surface area contributed by atoms with Gasteiger partial charge < -0.3 is 0 Å². The van der Waals surface area contributed by atoms with Crippen molar-refractivity contribution in [1.82, 2.24) is 4.72 Å². The van der Waals surface area contributed by atoms with E-state index in [4.69, 9.17) is 23.2 Å². The number of sulfonamides is 1. The molecule has 0 aliphatic carbocycles. The summed E-state index contributed by atoms with van der Waals surface area (Å²) in [4.78, 5) is 1.07. The second-order valence-corrected chi connectivity index (χ2v) is 7.32. The molecule has 0 bridgehead atoms. The summed E-state index contributed by atoms with van der Waals surface area (Å²) in [6.07, 6.45) is 1.14. The van der Waals surface area contributed by atoms with Crippen LogP contribution in [0.5, 0.6) is 0 Å². The largest absolute Gasteiger partial charge is 0.215 e. The molecule has 0 aromatic carbocycles. The quantitative estimate of drug-likeness (QED) is 0.787. The third-order valence-electron chi connectivity index (χ3n) is 1.87. The minimum absolute atomic E-state index is 0.0850. The van der Waals surface area contributed by atoms with E-state index in [-0.39, 0.29) is 5.75 Å². The number of hydrogen-bond acceptors (Lipinski definition) is 3. The first-order valence-corrected chi connectivity index (χ1v) is 8.19. The molecule has 16 heavy (non-hydrogen) atoms. The predicted octanol–water partition coefficient (Wildman–Crippen LogP) is 2.49. The van der Waals surface area contributed by atoms with Gasteiger partial charge in [0.1, 0.15) is 0 Å². The lowest BCUT2D eigenvalue weighted by molar-refractivity contribution is 0.580. The van der Waals surface area contributed by atoms with Crippen molar-refractivity contribution in [3.8, 4) is 0 Å². The van der Waals surface area contributed by atoms with Crippen molar-refractivity contribution in [3.05, 3.63) is 21.3 Å². The van der Waals surface area contributed by atoms with Gasteiger partial charge in [0.25, 0.3) is 0 Å². The highest BCUT2D eigenvalue weighted by Gasteiger charge is 2.08. The fourth-order valence-electron chi connectivity index (χ4n) is 1.13. The van der Waals surface area contributed by atoms with Gasteiger partial charge in [0.15, 0.2) is 0 Å². The molecule has 1 N–H and O–H groups in total. The van der Waals surface area contributed by atoms with E-state index < -0.39 is 10.0 Å². The lowest BCUT2D eigenvalue weighted by Crippen LogP contribution is -2.28. The number of hydrogen-bond donors (Lipinski definition) is 1. The average molecular weight is 302 g/mol. The third kappa shape index (κ3) is 5.50. The lowest BCUT2D eigenvalue weighted by Gasteiger charge is -2.04. The Bertz CT molecular complexity index is 417. The Morgan fingerprint density at radius 3 is 2.69 bits per heavy atom. The summed E-state index contributed by atoms with van der Waals surface area (Å²) >= 11 is 12.7. The van der Waals surface area contributed by atoms with E-state index in [2.05, 4.69) is 4.72 Å². The maximum absolute atomic E-state index is 11.4. The zero-order valence-corrected chi connectivity index (χ0v) is 11.7. The summed E-state index contributed by atoms with van der Waals surface area (Å²) in [5, 5.41) is 0. The van der Waals surface area contributed by atoms with Crippen LogP contribution in [-0.4, -0.2) is 26.6 Å². The van der Waals surface area contributed by atoms with Gasteiger partial charge in [-0.25, -0.2) is 13.1 Å². The molecule has 1 rings (SSSR count). The molecule has 0 spiro atoms. The molecule has 1 aromatic heterocycles. The monoisotopic (exact) mass is 301 g/mol. The molecule has 3 nitrogen and oxygen atoms in total. The van der Waals surface area contributed by atoms with Gasteiger partial charge in [0, 0.05) is 17.3 Å². The van der Waals surface area contributed by atoms with Gasteiger partial charge in [-0.05, 0) is 25.0 Å². The van der Waals surface area contributed by atoms with Crippen molar-refractivity contribution in [3.63, 3.8) is 0 Å². The highest BCUT2D eigenvalue weighted by molar-refractivity contribution is 7.89. The van der Waals surface area contributed by atoms with Crippen molar-refractivity contribution in [2.75, 3.05) is 18.2 Å². The first kappa shape index (κ1) is 14.3. The summed E-state index contributed by atoms with van der Waals surface area (Å²) < 4.78 is 26.0. The Labute approximate surface area is 110 Å². The molecule has 0 atom stereocenters. The number of rotatable bonds is 7. The lowest BCUT2D eigenvalue weighted by atomic mass is 10.3. The molecule has 0 aliphatic rings. The van der Waals surface area contributed by atoms with Gasteiger partial charge in [0.05, 0.1) is 10.1 Å². The third-order valence-corrected chi connectivity index (χ3v) is 4.90. The Hall–Kier alpha value is 0.190. The zero-order valence-electron chi connectivity index (χ0n) is 8.58. The van der Waals surface area contributed by atoms with Gasteiger partial charge in [-0.15, -0.1) is 22.9 Å². The maximum Gasteiger partial charge on any atom is 0.211 e. The van der Waals surface area contributed by atoms with Crippen LogP contribution in [-0.2, 0) is 16.4 Å². The van der Waals surface area contributed by atoms with E-state index >= 15 is 0 Å². The minimum Gasteiger partial charge on any atom is -0.215 e. The maximum atomic E-state index is 11.4. The van der Waals surface area contributed by atoms with Crippen molar-refractivity contribution in [1.29, 1.82) is 0 Å². The zero-order chi connectivity index (χ0) is 12.0. The Kier molecular flexibility index (Phi) is 6.07. The van der Waals surface area contributed by atoms with Crippen molar-refractivity contribution in [2.45, 2.75) is 12.8 Å². The van der Waals surface area contributed by atoms with Crippen LogP contribution in [0.25, 0.3) is 0 Å². The second-order valence-electron chi connectivity index (χ2n) is 3.21. The predicted molar refractivity (Wildman–Crippen MR) is 70.2 cm³/mol. The van der Waals surface area contributed by atoms with Crippen molar-refractivity contribution >= 4 is 44.6 Å². The van der Waals surface area contributed by atoms with Gasteiger partial charge >= 0.3 is 0 Å². The number of thiophene rings is 1. The summed E-state index contributed by atoms with van der Waals surface area (Å²) in [5.41, 5.74) is 0. The topological polar surface area (TPSA) is 46.2 Å². The fraction of sp³-hybridized carbons (Fsp3) is 0.556. The van der Waals surface area contributed by atoms with Gasteiger partial charge in [-0.1, -0.05) is 11.6 Å². The Morgan fingerprint density at radius 1 is 1.38 bits per heavy atom. The van der Waals surface area contributed by atoms with Crippen molar-refractivity contribution in [2.24, 2.45) is 0 Å². The van der Waals surface area contributed by atoms with Gasteiger partial charge in [-0.3, -0.25) is 0 Å². The van der Waals surface area contributed by atoms with Crippen LogP contribution in [0.1, 0.15) is 11.3 Å². The van der Waals surface area contributed by atoms with Crippen LogP contribution in [0, 0.1) is 0 Å². The number of nitrogens with one attached hydrogen (secondary N) is 1. The smallest absolute Gasteiger partial charge is 0.211 e. The summed E-state index contributed by atoms with van der Waals surface area (Å²) in [7, 11) is -3.17. The van der Waals surface area contributed by atoms with E-state index in [1.165, 1.54) is 11.3 Å². The van der Waals surface area contributed by atoms with Crippen LogP contribution in [0.3, 0.4) is 0 Å². The van der Waals surface area contributed by atoms with Crippen LogP contribution in [0.2, 0.25) is 4.34 Å².